The third-order valence-corrected chi connectivity index (χ3v) is 3.90. The average Bonchev–Trinajstić information content (AvgIpc) is 2.90. The molecule has 0 saturated carbocycles. The summed E-state index contributed by atoms with van der Waals surface area (Å²) in [5.41, 5.74) is 2.43. The molecule has 0 bridgehead atoms. The number of H-pyrrole nitrogens is 1. The summed E-state index contributed by atoms with van der Waals surface area (Å²) in [6, 6.07) is 13.2. The van der Waals surface area contributed by atoms with Crippen molar-refractivity contribution < 1.29 is 19.4 Å². The van der Waals surface area contributed by atoms with Crippen LogP contribution in [0.3, 0.4) is 0 Å². The Hall–Kier alpha value is -3.08. The van der Waals surface area contributed by atoms with Crippen LogP contribution in [-0.4, -0.2) is 27.9 Å². The fourth-order valence-corrected chi connectivity index (χ4v) is 2.68. The van der Waals surface area contributed by atoms with Gasteiger partial charge in [0.15, 0.2) is 6.10 Å². The van der Waals surface area contributed by atoms with Gasteiger partial charge in [0.1, 0.15) is 5.75 Å². The number of ketones is 1. The fourth-order valence-electron chi connectivity index (χ4n) is 2.68. The second-order valence-corrected chi connectivity index (χ2v) is 5.63. The van der Waals surface area contributed by atoms with Crippen molar-refractivity contribution in [3.8, 4) is 5.75 Å². The van der Waals surface area contributed by atoms with Crippen molar-refractivity contribution in [1.29, 1.82) is 0 Å². The van der Waals surface area contributed by atoms with Gasteiger partial charge >= 0.3 is 5.97 Å². The second-order valence-electron chi connectivity index (χ2n) is 5.63. The molecule has 1 aromatic heterocycles. The number of aryl methyl sites for hydroxylation is 1. The highest BCUT2D eigenvalue weighted by molar-refractivity contribution is 6.11. The minimum Gasteiger partial charge on any atom is -0.508 e. The smallest absolute Gasteiger partial charge is 0.338 e. The van der Waals surface area contributed by atoms with E-state index < -0.39 is 12.1 Å². The van der Waals surface area contributed by atoms with E-state index in [-0.39, 0.29) is 17.1 Å². The number of carbonyl (C=O) groups excluding carboxylic acids is 2. The van der Waals surface area contributed by atoms with Crippen LogP contribution in [0.4, 0.5) is 0 Å². The number of carbonyl (C=O) groups is 2. The molecular formula is C19H17NO4. The Labute approximate surface area is 138 Å². The van der Waals surface area contributed by atoms with Gasteiger partial charge in [0.25, 0.3) is 0 Å². The zero-order valence-electron chi connectivity index (χ0n) is 13.4. The molecule has 0 aliphatic heterocycles. The Morgan fingerprint density at radius 3 is 2.46 bits per heavy atom. The van der Waals surface area contributed by atoms with Crippen LogP contribution in [0, 0.1) is 6.92 Å². The molecule has 0 radical (unpaired) electrons. The third-order valence-electron chi connectivity index (χ3n) is 3.90. The topological polar surface area (TPSA) is 79.4 Å². The number of fused-ring (bicyclic) bond motifs is 1. The number of hydrogen-bond acceptors (Lipinski definition) is 4. The maximum absolute atomic E-state index is 12.7. The number of phenols is 1. The number of benzene rings is 2. The van der Waals surface area contributed by atoms with Gasteiger partial charge in [-0.2, -0.15) is 0 Å². The van der Waals surface area contributed by atoms with Crippen molar-refractivity contribution in [3.05, 3.63) is 65.4 Å². The summed E-state index contributed by atoms with van der Waals surface area (Å²) < 4.78 is 5.28. The van der Waals surface area contributed by atoms with Crippen LogP contribution in [0.15, 0.2) is 48.5 Å². The summed E-state index contributed by atoms with van der Waals surface area (Å²) in [6.45, 7) is 3.38. The quantitative estimate of drug-likeness (QED) is 0.568. The lowest BCUT2D eigenvalue weighted by molar-refractivity contribution is 0.0319. The minimum atomic E-state index is -0.913. The van der Waals surface area contributed by atoms with E-state index in [1.807, 2.05) is 31.2 Å². The van der Waals surface area contributed by atoms with Crippen molar-refractivity contribution in [2.24, 2.45) is 0 Å². The van der Waals surface area contributed by atoms with E-state index in [0.29, 0.717) is 5.56 Å². The Kier molecular flexibility index (Phi) is 4.08. The van der Waals surface area contributed by atoms with E-state index in [9.17, 15) is 14.7 Å². The molecule has 2 aromatic carbocycles. The predicted molar refractivity (Wildman–Crippen MR) is 90.4 cm³/mol. The second kappa shape index (κ2) is 6.20. The first kappa shape index (κ1) is 15.8. The summed E-state index contributed by atoms with van der Waals surface area (Å²) in [7, 11) is 0. The van der Waals surface area contributed by atoms with E-state index in [1.165, 1.54) is 24.3 Å². The largest absolute Gasteiger partial charge is 0.508 e. The van der Waals surface area contributed by atoms with Crippen molar-refractivity contribution in [1.82, 2.24) is 4.98 Å². The number of aromatic hydroxyl groups is 1. The summed E-state index contributed by atoms with van der Waals surface area (Å²) in [5.74, 6) is -0.796. The van der Waals surface area contributed by atoms with E-state index in [1.54, 1.807) is 6.92 Å². The first-order valence-corrected chi connectivity index (χ1v) is 7.59. The molecule has 5 nitrogen and oxygen atoms in total. The first-order valence-electron chi connectivity index (χ1n) is 7.59. The molecule has 122 valence electrons. The molecule has 0 spiro atoms. The highest BCUT2D eigenvalue weighted by Crippen LogP contribution is 2.24. The lowest BCUT2D eigenvalue weighted by Crippen LogP contribution is -2.24. The summed E-state index contributed by atoms with van der Waals surface area (Å²) in [5, 5.41) is 10.1. The molecular weight excluding hydrogens is 306 g/mol. The third kappa shape index (κ3) is 2.88. The number of aromatic amines is 1. The molecule has 0 unspecified atom stereocenters. The van der Waals surface area contributed by atoms with Gasteiger partial charge in [0, 0.05) is 22.2 Å². The molecule has 5 heteroatoms. The van der Waals surface area contributed by atoms with Crippen LogP contribution in [0.2, 0.25) is 0 Å². The Balaban J connectivity index is 1.82. The highest BCUT2D eigenvalue weighted by atomic mass is 16.5. The van der Waals surface area contributed by atoms with E-state index >= 15 is 0 Å². The van der Waals surface area contributed by atoms with Crippen LogP contribution >= 0.6 is 0 Å². The van der Waals surface area contributed by atoms with Gasteiger partial charge in [-0.1, -0.05) is 18.2 Å². The van der Waals surface area contributed by atoms with Crippen LogP contribution in [0.5, 0.6) is 5.75 Å². The zero-order chi connectivity index (χ0) is 17.3. The van der Waals surface area contributed by atoms with Crippen molar-refractivity contribution in [3.63, 3.8) is 0 Å². The Bertz CT molecular complexity index is 909. The molecule has 0 amide bonds. The van der Waals surface area contributed by atoms with Crippen molar-refractivity contribution in [2.75, 3.05) is 0 Å². The number of aromatic nitrogens is 1. The molecule has 3 aromatic rings. The van der Waals surface area contributed by atoms with E-state index in [2.05, 4.69) is 4.98 Å². The standard InChI is InChI=1S/C19H17NO4/c1-11-17(15-5-3-4-6-16(15)20-11)18(22)12(2)24-19(23)13-7-9-14(21)10-8-13/h3-10,12,20-21H,1-2H3/t12-/m0/s1. The van der Waals surface area contributed by atoms with E-state index in [4.69, 9.17) is 4.74 Å². The normalized spacial score (nSPS) is 12.1. The fraction of sp³-hybridized carbons (Fsp3) is 0.158. The van der Waals surface area contributed by atoms with Gasteiger partial charge < -0.3 is 14.8 Å². The van der Waals surface area contributed by atoms with Crippen molar-refractivity contribution >= 4 is 22.7 Å². The monoisotopic (exact) mass is 323 g/mol. The van der Waals surface area contributed by atoms with Crippen LogP contribution < -0.4 is 0 Å². The summed E-state index contributed by atoms with van der Waals surface area (Å²) >= 11 is 0. The number of esters is 1. The van der Waals surface area contributed by atoms with Crippen LogP contribution in [0.25, 0.3) is 10.9 Å². The molecule has 0 fully saturated rings. The summed E-state index contributed by atoms with van der Waals surface area (Å²) in [6.07, 6.45) is -0.913. The predicted octanol–water partition coefficient (Wildman–Crippen LogP) is 3.61. The first-order chi connectivity index (χ1) is 11.5. The molecule has 1 atom stereocenters. The maximum Gasteiger partial charge on any atom is 0.338 e. The maximum atomic E-state index is 12.7. The molecule has 2 N–H and O–H groups in total. The highest BCUT2D eigenvalue weighted by Gasteiger charge is 2.24. The van der Waals surface area contributed by atoms with Crippen LogP contribution in [-0.2, 0) is 4.74 Å². The van der Waals surface area contributed by atoms with Gasteiger partial charge in [0.2, 0.25) is 5.78 Å². The average molecular weight is 323 g/mol. The molecule has 0 saturated heterocycles. The minimum absolute atomic E-state index is 0.0603. The Morgan fingerprint density at radius 1 is 1.08 bits per heavy atom. The van der Waals surface area contributed by atoms with Gasteiger partial charge in [0.05, 0.1) is 5.56 Å². The number of Topliss-reactive ketones (excluding diaryl/α,β-unsaturated/α-hetero) is 1. The molecule has 3 rings (SSSR count). The lowest BCUT2D eigenvalue weighted by atomic mass is 10.0. The van der Waals surface area contributed by atoms with Crippen LogP contribution in [0.1, 0.15) is 33.3 Å². The number of rotatable bonds is 4. The van der Waals surface area contributed by atoms with E-state index in [0.717, 1.165) is 16.6 Å². The molecule has 0 aliphatic rings. The van der Waals surface area contributed by atoms with Gasteiger partial charge in [-0.25, -0.2) is 4.79 Å². The number of hydrogen-bond donors (Lipinski definition) is 2. The number of ether oxygens (including phenoxy) is 1. The van der Waals surface area contributed by atoms with Gasteiger partial charge in [-0.3, -0.25) is 4.79 Å². The molecule has 1 heterocycles. The number of phenolic OH excluding ortho intramolecular Hbond substituents is 1. The summed E-state index contributed by atoms with van der Waals surface area (Å²) in [4.78, 5) is 28.0. The molecule has 0 aliphatic carbocycles. The number of nitrogens with one attached hydrogen (secondary N) is 1. The van der Waals surface area contributed by atoms with Gasteiger partial charge in [-0.05, 0) is 44.2 Å². The molecule has 24 heavy (non-hydrogen) atoms. The lowest BCUT2D eigenvalue weighted by Gasteiger charge is -2.12. The SMILES string of the molecule is Cc1[nH]c2ccccc2c1C(=O)[C@H](C)OC(=O)c1ccc(O)cc1. The number of para-hydroxylation sites is 1. The van der Waals surface area contributed by atoms with Gasteiger partial charge in [-0.15, -0.1) is 0 Å². The van der Waals surface area contributed by atoms with Crippen molar-refractivity contribution in [2.45, 2.75) is 20.0 Å². The Morgan fingerprint density at radius 2 is 1.75 bits per heavy atom. The zero-order valence-corrected chi connectivity index (χ0v) is 13.4.